The molecule has 1 N–H and O–H groups in total. The highest BCUT2D eigenvalue weighted by atomic mass is 32.2. The van der Waals surface area contributed by atoms with Crippen molar-refractivity contribution in [3.63, 3.8) is 0 Å². The average molecular weight is 331 g/mol. The summed E-state index contributed by atoms with van der Waals surface area (Å²) in [7, 11) is -3.30. The van der Waals surface area contributed by atoms with E-state index in [0.29, 0.717) is 5.69 Å². The maximum atomic E-state index is 12.1. The van der Waals surface area contributed by atoms with Crippen LogP contribution in [0.5, 0.6) is 0 Å². The Kier molecular flexibility index (Phi) is 5.55. The first-order valence-corrected chi connectivity index (χ1v) is 9.29. The van der Waals surface area contributed by atoms with E-state index in [1.807, 2.05) is 38.1 Å². The summed E-state index contributed by atoms with van der Waals surface area (Å²) in [6.07, 6.45) is -0.0395. The molecule has 2 aromatic rings. The van der Waals surface area contributed by atoms with E-state index in [-0.39, 0.29) is 23.8 Å². The molecule has 0 spiro atoms. The molecule has 122 valence electrons. The molecule has 1 amide bonds. The molecule has 5 heteroatoms. The number of nitrogens with one attached hydrogen (secondary N) is 1. The van der Waals surface area contributed by atoms with E-state index in [4.69, 9.17) is 0 Å². The van der Waals surface area contributed by atoms with E-state index in [9.17, 15) is 13.2 Å². The normalized spacial score (nSPS) is 11.2. The molecule has 0 unspecified atom stereocenters. The lowest BCUT2D eigenvalue weighted by molar-refractivity contribution is -0.115. The minimum absolute atomic E-state index is 0.0370. The van der Waals surface area contributed by atoms with Crippen molar-refractivity contribution in [3.05, 3.63) is 65.2 Å². The van der Waals surface area contributed by atoms with Crippen LogP contribution in [-0.4, -0.2) is 20.1 Å². The zero-order valence-corrected chi connectivity index (χ0v) is 14.2. The van der Waals surface area contributed by atoms with Gasteiger partial charge in [-0.1, -0.05) is 36.4 Å². The molecule has 2 aromatic carbocycles. The van der Waals surface area contributed by atoms with E-state index >= 15 is 0 Å². The van der Waals surface area contributed by atoms with Crippen molar-refractivity contribution in [2.24, 2.45) is 0 Å². The highest BCUT2D eigenvalue weighted by Gasteiger charge is 2.14. The number of benzene rings is 2. The number of amides is 1. The van der Waals surface area contributed by atoms with Gasteiger partial charge in [-0.25, -0.2) is 8.42 Å². The van der Waals surface area contributed by atoms with Crippen molar-refractivity contribution in [2.75, 3.05) is 11.1 Å². The molecular formula is C18H21NO3S. The fraction of sp³-hybridized carbons (Fsp3) is 0.278. The number of carbonyl (C=O) groups excluding carboxylic acids is 1. The van der Waals surface area contributed by atoms with Crippen LogP contribution in [0.25, 0.3) is 0 Å². The molecule has 0 aromatic heterocycles. The van der Waals surface area contributed by atoms with Crippen LogP contribution in [0.15, 0.2) is 48.5 Å². The molecule has 23 heavy (non-hydrogen) atoms. The molecule has 0 radical (unpaired) electrons. The van der Waals surface area contributed by atoms with Crippen molar-refractivity contribution in [1.82, 2.24) is 0 Å². The van der Waals surface area contributed by atoms with E-state index < -0.39 is 9.84 Å². The average Bonchev–Trinajstić information content (AvgIpc) is 2.45. The van der Waals surface area contributed by atoms with Crippen LogP contribution in [0.4, 0.5) is 5.69 Å². The number of aryl methyl sites for hydroxylation is 2. The van der Waals surface area contributed by atoms with Gasteiger partial charge in [0, 0.05) is 12.1 Å². The topological polar surface area (TPSA) is 63.2 Å². The Bertz CT molecular complexity index is 763. The van der Waals surface area contributed by atoms with Gasteiger partial charge in [-0.15, -0.1) is 0 Å². The van der Waals surface area contributed by atoms with Crippen LogP contribution in [0.3, 0.4) is 0 Å². The molecule has 0 fully saturated rings. The predicted molar refractivity (Wildman–Crippen MR) is 93.1 cm³/mol. The van der Waals surface area contributed by atoms with Gasteiger partial charge in [-0.05, 0) is 42.7 Å². The van der Waals surface area contributed by atoms with Crippen molar-refractivity contribution < 1.29 is 13.2 Å². The monoisotopic (exact) mass is 331 g/mol. The number of hydrogen-bond acceptors (Lipinski definition) is 3. The number of sulfone groups is 1. The van der Waals surface area contributed by atoms with Gasteiger partial charge in [0.1, 0.15) is 0 Å². The second-order valence-electron chi connectivity index (χ2n) is 5.75. The molecular weight excluding hydrogens is 310 g/mol. The molecule has 0 saturated heterocycles. The second kappa shape index (κ2) is 7.42. The lowest BCUT2D eigenvalue weighted by atomic mass is 10.1. The Labute approximate surface area is 137 Å². The van der Waals surface area contributed by atoms with Crippen LogP contribution >= 0.6 is 0 Å². The van der Waals surface area contributed by atoms with Gasteiger partial charge in [0.2, 0.25) is 5.91 Å². The molecule has 0 saturated carbocycles. The summed E-state index contributed by atoms with van der Waals surface area (Å²) >= 11 is 0. The molecule has 0 atom stereocenters. The molecule has 0 aliphatic heterocycles. The van der Waals surface area contributed by atoms with Crippen molar-refractivity contribution >= 4 is 21.4 Å². The van der Waals surface area contributed by atoms with E-state index in [2.05, 4.69) is 5.32 Å². The van der Waals surface area contributed by atoms with E-state index in [1.54, 1.807) is 24.3 Å². The zero-order valence-electron chi connectivity index (χ0n) is 13.4. The predicted octanol–water partition coefficient (Wildman–Crippen LogP) is 3.25. The molecule has 4 nitrogen and oxygen atoms in total. The summed E-state index contributed by atoms with van der Waals surface area (Å²) in [5, 5.41) is 2.76. The summed E-state index contributed by atoms with van der Waals surface area (Å²) in [5.74, 6) is -0.477. The first-order valence-electron chi connectivity index (χ1n) is 7.46. The Morgan fingerprint density at radius 1 is 1.00 bits per heavy atom. The SMILES string of the molecule is Cc1cc(C)cc(NC(=O)CCS(=O)(=O)Cc2ccccc2)c1. The largest absolute Gasteiger partial charge is 0.326 e. The highest BCUT2D eigenvalue weighted by molar-refractivity contribution is 7.90. The third kappa shape index (κ3) is 5.87. The highest BCUT2D eigenvalue weighted by Crippen LogP contribution is 2.14. The summed E-state index contributed by atoms with van der Waals surface area (Å²) in [5.41, 5.74) is 3.55. The fourth-order valence-electron chi connectivity index (χ4n) is 2.42. The zero-order chi connectivity index (χ0) is 16.9. The summed E-state index contributed by atoms with van der Waals surface area (Å²) in [6, 6.07) is 14.7. The van der Waals surface area contributed by atoms with Crippen LogP contribution < -0.4 is 5.32 Å². The van der Waals surface area contributed by atoms with Gasteiger partial charge in [-0.3, -0.25) is 4.79 Å². The Morgan fingerprint density at radius 3 is 2.22 bits per heavy atom. The lowest BCUT2D eigenvalue weighted by Crippen LogP contribution is -2.18. The van der Waals surface area contributed by atoms with Gasteiger partial charge in [0.05, 0.1) is 11.5 Å². The molecule has 0 aliphatic rings. The Morgan fingerprint density at radius 2 is 1.61 bits per heavy atom. The minimum atomic E-state index is -3.30. The smallest absolute Gasteiger partial charge is 0.225 e. The number of anilines is 1. The third-order valence-electron chi connectivity index (χ3n) is 3.37. The van der Waals surface area contributed by atoms with Gasteiger partial charge in [0.25, 0.3) is 0 Å². The second-order valence-corrected chi connectivity index (χ2v) is 7.94. The quantitative estimate of drug-likeness (QED) is 0.884. The maximum Gasteiger partial charge on any atom is 0.225 e. The van der Waals surface area contributed by atoms with E-state index in [0.717, 1.165) is 16.7 Å². The lowest BCUT2D eigenvalue weighted by Gasteiger charge is -2.08. The third-order valence-corrected chi connectivity index (χ3v) is 4.97. The first-order chi connectivity index (χ1) is 10.8. The van der Waals surface area contributed by atoms with Crippen molar-refractivity contribution in [1.29, 1.82) is 0 Å². The standard InChI is InChI=1S/C18H21NO3S/c1-14-10-15(2)12-17(11-14)19-18(20)8-9-23(21,22)13-16-6-4-3-5-7-16/h3-7,10-12H,8-9,13H2,1-2H3,(H,19,20). The first kappa shape index (κ1) is 17.2. The van der Waals surface area contributed by atoms with Gasteiger partial charge >= 0.3 is 0 Å². The molecule has 2 rings (SSSR count). The summed E-state index contributed by atoms with van der Waals surface area (Å²) in [4.78, 5) is 12.0. The molecule has 0 heterocycles. The molecule has 0 bridgehead atoms. The van der Waals surface area contributed by atoms with E-state index in [1.165, 1.54) is 0 Å². The van der Waals surface area contributed by atoms with Gasteiger partial charge < -0.3 is 5.32 Å². The van der Waals surface area contributed by atoms with Gasteiger partial charge in [-0.2, -0.15) is 0 Å². The van der Waals surface area contributed by atoms with Crippen molar-refractivity contribution in [3.8, 4) is 0 Å². The number of carbonyl (C=O) groups is 1. The van der Waals surface area contributed by atoms with Crippen LogP contribution in [0.2, 0.25) is 0 Å². The van der Waals surface area contributed by atoms with Crippen molar-refractivity contribution in [2.45, 2.75) is 26.0 Å². The fourth-order valence-corrected chi connectivity index (χ4v) is 3.76. The number of rotatable bonds is 6. The van der Waals surface area contributed by atoms with Crippen LogP contribution in [0, 0.1) is 13.8 Å². The Balaban J connectivity index is 1.90. The minimum Gasteiger partial charge on any atom is -0.326 e. The summed E-state index contributed by atoms with van der Waals surface area (Å²) in [6.45, 7) is 3.90. The number of hydrogen-bond donors (Lipinski definition) is 1. The summed E-state index contributed by atoms with van der Waals surface area (Å²) < 4.78 is 24.2. The molecule has 0 aliphatic carbocycles. The van der Waals surface area contributed by atoms with Crippen LogP contribution in [0.1, 0.15) is 23.1 Å². The Hall–Kier alpha value is -2.14. The maximum absolute atomic E-state index is 12.1. The van der Waals surface area contributed by atoms with Crippen LogP contribution in [-0.2, 0) is 20.4 Å². The van der Waals surface area contributed by atoms with Gasteiger partial charge in [0.15, 0.2) is 9.84 Å².